The van der Waals surface area contributed by atoms with Crippen LogP contribution < -0.4 is 0 Å². The van der Waals surface area contributed by atoms with Crippen LogP contribution in [0, 0.1) is 0 Å². The third-order valence-corrected chi connectivity index (χ3v) is 4.17. The Labute approximate surface area is 129 Å². The molecular weight excluding hydrogens is 278 g/mol. The van der Waals surface area contributed by atoms with Gasteiger partial charge < -0.3 is 15.3 Å². The second kappa shape index (κ2) is 5.73. The molecule has 1 heterocycles. The minimum absolute atomic E-state index is 0.0299. The van der Waals surface area contributed by atoms with Gasteiger partial charge >= 0.3 is 0 Å². The molecule has 0 bridgehead atoms. The van der Waals surface area contributed by atoms with E-state index in [0.717, 1.165) is 29.8 Å². The molecule has 3 N–H and O–H groups in total. The Balaban J connectivity index is 2.07. The lowest BCUT2D eigenvalue weighted by Gasteiger charge is -2.34. The van der Waals surface area contributed by atoms with Gasteiger partial charge in [0.05, 0.1) is 0 Å². The van der Waals surface area contributed by atoms with Crippen molar-refractivity contribution in [1.82, 2.24) is 4.90 Å². The fourth-order valence-electron chi connectivity index (χ4n) is 3.10. The standard InChI is InChI=1S/C18H19NO3/c1-2-8-19-10-14(12-6-7-17(21)18(22)9-12)13-4-3-5-16(20)15(13)11-19/h2-7,9,14,20-22H,1,8,10-11H2. The number of aromatic hydroxyl groups is 3. The van der Waals surface area contributed by atoms with Crippen LogP contribution in [0.5, 0.6) is 17.2 Å². The van der Waals surface area contributed by atoms with Crippen molar-refractivity contribution in [2.45, 2.75) is 12.5 Å². The van der Waals surface area contributed by atoms with Crippen LogP contribution in [0.3, 0.4) is 0 Å². The maximum Gasteiger partial charge on any atom is 0.157 e. The van der Waals surface area contributed by atoms with Crippen molar-refractivity contribution >= 4 is 0 Å². The molecule has 114 valence electrons. The molecule has 2 aromatic carbocycles. The molecule has 1 atom stereocenters. The Morgan fingerprint density at radius 2 is 1.91 bits per heavy atom. The third kappa shape index (κ3) is 2.53. The number of phenolic OH excluding ortho intramolecular Hbond substituents is 3. The Hall–Kier alpha value is -2.46. The molecule has 0 aromatic heterocycles. The first-order chi connectivity index (χ1) is 10.6. The monoisotopic (exact) mass is 297 g/mol. The Morgan fingerprint density at radius 3 is 2.64 bits per heavy atom. The van der Waals surface area contributed by atoms with Crippen molar-refractivity contribution in [1.29, 1.82) is 0 Å². The Bertz CT molecular complexity index is 711. The molecule has 0 amide bonds. The Morgan fingerprint density at radius 1 is 1.09 bits per heavy atom. The lowest BCUT2D eigenvalue weighted by molar-refractivity contribution is 0.260. The van der Waals surface area contributed by atoms with Crippen LogP contribution in [0.25, 0.3) is 0 Å². The van der Waals surface area contributed by atoms with Crippen molar-refractivity contribution < 1.29 is 15.3 Å². The molecule has 3 rings (SSSR count). The van der Waals surface area contributed by atoms with E-state index in [9.17, 15) is 15.3 Å². The van der Waals surface area contributed by atoms with Gasteiger partial charge in [0.1, 0.15) is 5.75 Å². The molecule has 0 saturated carbocycles. The summed E-state index contributed by atoms with van der Waals surface area (Å²) in [6, 6.07) is 10.4. The first kappa shape index (κ1) is 14.5. The molecule has 1 unspecified atom stereocenters. The fraction of sp³-hybridized carbons (Fsp3) is 0.222. The van der Waals surface area contributed by atoms with Crippen LogP contribution in [0.15, 0.2) is 49.1 Å². The van der Waals surface area contributed by atoms with Gasteiger partial charge in [-0.1, -0.05) is 24.3 Å². The summed E-state index contributed by atoms with van der Waals surface area (Å²) in [7, 11) is 0. The van der Waals surface area contributed by atoms with Gasteiger partial charge in [-0.25, -0.2) is 0 Å². The third-order valence-electron chi connectivity index (χ3n) is 4.17. The van der Waals surface area contributed by atoms with E-state index in [-0.39, 0.29) is 17.4 Å². The zero-order valence-corrected chi connectivity index (χ0v) is 12.2. The highest BCUT2D eigenvalue weighted by Gasteiger charge is 2.28. The van der Waals surface area contributed by atoms with Crippen LogP contribution in [0.1, 0.15) is 22.6 Å². The van der Waals surface area contributed by atoms with Crippen molar-refractivity contribution in [3.63, 3.8) is 0 Å². The van der Waals surface area contributed by atoms with Crippen molar-refractivity contribution in [3.05, 3.63) is 65.7 Å². The average molecular weight is 297 g/mol. The van der Waals surface area contributed by atoms with Crippen molar-refractivity contribution in [2.24, 2.45) is 0 Å². The van der Waals surface area contributed by atoms with Crippen LogP contribution in [0.4, 0.5) is 0 Å². The van der Waals surface area contributed by atoms with Gasteiger partial charge in [-0.05, 0) is 29.3 Å². The highest BCUT2D eigenvalue weighted by molar-refractivity contribution is 5.50. The summed E-state index contributed by atoms with van der Waals surface area (Å²) in [6.07, 6.45) is 1.84. The second-order valence-electron chi connectivity index (χ2n) is 5.63. The number of nitrogens with zero attached hydrogens (tertiary/aromatic N) is 1. The zero-order valence-electron chi connectivity index (χ0n) is 12.2. The molecule has 0 spiro atoms. The predicted octanol–water partition coefficient (Wildman–Crippen LogP) is 2.94. The molecule has 4 nitrogen and oxygen atoms in total. The zero-order chi connectivity index (χ0) is 15.7. The first-order valence-corrected chi connectivity index (χ1v) is 7.26. The molecule has 0 aliphatic carbocycles. The van der Waals surface area contributed by atoms with Crippen molar-refractivity contribution in [2.75, 3.05) is 13.1 Å². The van der Waals surface area contributed by atoms with E-state index >= 15 is 0 Å². The highest BCUT2D eigenvalue weighted by atomic mass is 16.3. The summed E-state index contributed by atoms with van der Waals surface area (Å²) in [4.78, 5) is 2.20. The maximum atomic E-state index is 10.2. The summed E-state index contributed by atoms with van der Waals surface area (Å²) in [5.41, 5.74) is 2.88. The normalized spacial score (nSPS) is 17.9. The number of phenols is 3. The largest absolute Gasteiger partial charge is 0.508 e. The summed E-state index contributed by atoms with van der Waals surface area (Å²) < 4.78 is 0. The molecule has 4 heteroatoms. The number of benzene rings is 2. The minimum atomic E-state index is -0.126. The van der Waals surface area contributed by atoms with Gasteiger partial charge in [-0.2, -0.15) is 0 Å². The van der Waals surface area contributed by atoms with E-state index in [4.69, 9.17) is 0 Å². The topological polar surface area (TPSA) is 63.9 Å². The second-order valence-corrected chi connectivity index (χ2v) is 5.63. The van der Waals surface area contributed by atoms with Crippen LogP contribution in [-0.2, 0) is 6.54 Å². The molecule has 1 aliphatic heterocycles. The molecule has 22 heavy (non-hydrogen) atoms. The quantitative estimate of drug-likeness (QED) is 0.602. The van der Waals surface area contributed by atoms with Crippen LogP contribution in [0.2, 0.25) is 0 Å². The first-order valence-electron chi connectivity index (χ1n) is 7.26. The lowest BCUT2D eigenvalue weighted by atomic mass is 9.84. The molecule has 2 aromatic rings. The minimum Gasteiger partial charge on any atom is -0.508 e. The average Bonchev–Trinajstić information content (AvgIpc) is 2.51. The summed E-state index contributed by atoms with van der Waals surface area (Å²) in [5.74, 6) is 0.0697. The Kier molecular flexibility index (Phi) is 3.77. The smallest absolute Gasteiger partial charge is 0.157 e. The molecule has 0 radical (unpaired) electrons. The SMILES string of the molecule is C=CCN1Cc2c(O)cccc2C(c2ccc(O)c(O)c2)C1. The summed E-state index contributed by atoms with van der Waals surface area (Å²) >= 11 is 0. The van der Waals surface area contributed by atoms with Gasteiger partial charge in [-0.3, -0.25) is 4.90 Å². The van der Waals surface area contributed by atoms with Crippen molar-refractivity contribution in [3.8, 4) is 17.2 Å². The number of rotatable bonds is 3. The van der Waals surface area contributed by atoms with E-state index in [2.05, 4.69) is 11.5 Å². The summed E-state index contributed by atoms with van der Waals surface area (Å²) in [6.45, 7) is 5.96. The molecule has 1 aliphatic rings. The van der Waals surface area contributed by atoms with Gasteiger partial charge in [0.25, 0.3) is 0 Å². The van der Waals surface area contributed by atoms with E-state index in [1.165, 1.54) is 6.07 Å². The van der Waals surface area contributed by atoms with Crippen LogP contribution >= 0.6 is 0 Å². The van der Waals surface area contributed by atoms with E-state index in [0.29, 0.717) is 12.3 Å². The van der Waals surface area contributed by atoms with E-state index < -0.39 is 0 Å². The fourth-order valence-corrected chi connectivity index (χ4v) is 3.10. The van der Waals surface area contributed by atoms with Gasteiger partial charge in [0, 0.05) is 31.1 Å². The molecule has 0 fully saturated rings. The van der Waals surface area contributed by atoms with Crippen LogP contribution in [-0.4, -0.2) is 33.3 Å². The van der Waals surface area contributed by atoms with E-state index in [1.54, 1.807) is 12.1 Å². The van der Waals surface area contributed by atoms with Gasteiger partial charge in [0.15, 0.2) is 11.5 Å². The number of fused-ring (bicyclic) bond motifs is 1. The van der Waals surface area contributed by atoms with Gasteiger partial charge in [0.2, 0.25) is 0 Å². The van der Waals surface area contributed by atoms with E-state index in [1.807, 2.05) is 24.3 Å². The maximum absolute atomic E-state index is 10.2. The number of hydrogen-bond donors (Lipinski definition) is 3. The lowest BCUT2D eigenvalue weighted by Crippen LogP contribution is -2.34. The molecule has 0 saturated heterocycles. The summed E-state index contributed by atoms with van der Waals surface area (Å²) in [5, 5.41) is 29.4. The predicted molar refractivity (Wildman–Crippen MR) is 85.2 cm³/mol. The highest BCUT2D eigenvalue weighted by Crippen LogP contribution is 2.39. The van der Waals surface area contributed by atoms with Gasteiger partial charge in [-0.15, -0.1) is 6.58 Å². The number of hydrogen-bond acceptors (Lipinski definition) is 4. The molecular formula is C18H19NO3.